The quantitative estimate of drug-likeness (QED) is 0.592. The molecule has 0 spiro atoms. The fourth-order valence-corrected chi connectivity index (χ4v) is 4.19. The average Bonchev–Trinajstić information content (AvgIpc) is 2.75. The molecular formula is C23H24N2O4S. The van der Waals surface area contributed by atoms with E-state index in [4.69, 9.17) is 4.74 Å². The molecule has 0 heterocycles. The number of nitrogens with one attached hydrogen (secondary N) is 2. The number of carbonyl (C=O) groups is 1. The van der Waals surface area contributed by atoms with Crippen LogP contribution in [0, 0.1) is 6.92 Å². The number of amides is 1. The molecule has 1 atom stereocenters. The van der Waals surface area contributed by atoms with E-state index in [0.29, 0.717) is 16.8 Å². The van der Waals surface area contributed by atoms with Crippen LogP contribution in [0.15, 0.2) is 77.7 Å². The van der Waals surface area contributed by atoms with Crippen LogP contribution in [0.4, 0.5) is 5.69 Å². The van der Waals surface area contributed by atoms with Crippen LogP contribution in [0.5, 0.6) is 5.75 Å². The molecule has 0 saturated heterocycles. The molecule has 3 aromatic rings. The van der Waals surface area contributed by atoms with Crippen molar-refractivity contribution in [2.24, 2.45) is 0 Å². The first-order chi connectivity index (χ1) is 14.3. The largest absolute Gasteiger partial charge is 0.497 e. The van der Waals surface area contributed by atoms with Crippen LogP contribution in [-0.2, 0) is 10.0 Å². The molecule has 0 aliphatic heterocycles. The van der Waals surface area contributed by atoms with E-state index in [-0.39, 0.29) is 16.8 Å². The Morgan fingerprint density at radius 2 is 1.60 bits per heavy atom. The Labute approximate surface area is 177 Å². The summed E-state index contributed by atoms with van der Waals surface area (Å²) in [6.45, 7) is 3.60. The minimum Gasteiger partial charge on any atom is -0.497 e. The molecule has 0 fully saturated rings. The van der Waals surface area contributed by atoms with Crippen LogP contribution in [0.3, 0.4) is 0 Å². The molecule has 2 N–H and O–H groups in total. The van der Waals surface area contributed by atoms with Crippen LogP contribution in [0.25, 0.3) is 0 Å². The molecule has 0 aromatic heterocycles. The Balaban J connectivity index is 1.79. The van der Waals surface area contributed by atoms with Crippen LogP contribution in [0.1, 0.15) is 34.5 Å². The van der Waals surface area contributed by atoms with E-state index in [1.165, 1.54) is 12.1 Å². The van der Waals surface area contributed by atoms with Gasteiger partial charge in [-0.2, -0.15) is 0 Å². The highest BCUT2D eigenvalue weighted by Gasteiger charge is 2.19. The average molecular weight is 425 g/mol. The second-order valence-electron chi connectivity index (χ2n) is 6.86. The number of rotatable bonds is 7. The highest BCUT2D eigenvalue weighted by Crippen LogP contribution is 2.24. The van der Waals surface area contributed by atoms with Crippen molar-refractivity contribution in [3.8, 4) is 5.75 Å². The van der Waals surface area contributed by atoms with E-state index >= 15 is 0 Å². The number of methoxy groups -OCH3 is 1. The third-order valence-corrected chi connectivity index (χ3v) is 6.22. The van der Waals surface area contributed by atoms with Gasteiger partial charge in [0.05, 0.1) is 23.7 Å². The van der Waals surface area contributed by atoms with Gasteiger partial charge in [0.15, 0.2) is 0 Å². The topological polar surface area (TPSA) is 84.5 Å². The van der Waals surface area contributed by atoms with Gasteiger partial charge in [0.25, 0.3) is 15.9 Å². The molecule has 0 radical (unpaired) electrons. The minimum atomic E-state index is -3.74. The summed E-state index contributed by atoms with van der Waals surface area (Å²) in [6, 6.07) is 20.3. The van der Waals surface area contributed by atoms with Crippen molar-refractivity contribution in [2.75, 3.05) is 11.8 Å². The van der Waals surface area contributed by atoms with E-state index < -0.39 is 10.0 Å². The summed E-state index contributed by atoms with van der Waals surface area (Å²) >= 11 is 0. The predicted octanol–water partition coefficient (Wildman–Crippen LogP) is 4.30. The van der Waals surface area contributed by atoms with Gasteiger partial charge in [0.1, 0.15) is 5.75 Å². The van der Waals surface area contributed by atoms with Crippen molar-refractivity contribution < 1.29 is 17.9 Å². The zero-order chi connectivity index (χ0) is 21.7. The second kappa shape index (κ2) is 9.00. The van der Waals surface area contributed by atoms with Gasteiger partial charge in [-0.05, 0) is 61.4 Å². The van der Waals surface area contributed by atoms with E-state index in [1.54, 1.807) is 50.4 Å². The zero-order valence-corrected chi connectivity index (χ0v) is 17.9. The normalized spacial score (nSPS) is 12.1. The number of hydrogen-bond acceptors (Lipinski definition) is 4. The molecule has 0 aliphatic carbocycles. The summed E-state index contributed by atoms with van der Waals surface area (Å²) in [5.41, 5.74) is 2.26. The molecule has 7 heteroatoms. The number of sulfonamides is 1. The van der Waals surface area contributed by atoms with Crippen molar-refractivity contribution in [3.63, 3.8) is 0 Å². The summed E-state index contributed by atoms with van der Waals surface area (Å²) in [5.74, 6) is 0.461. The van der Waals surface area contributed by atoms with Gasteiger partial charge in [-0.3, -0.25) is 9.52 Å². The zero-order valence-electron chi connectivity index (χ0n) is 17.0. The van der Waals surface area contributed by atoms with E-state index in [0.717, 1.165) is 11.3 Å². The van der Waals surface area contributed by atoms with Gasteiger partial charge >= 0.3 is 0 Å². The molecule has 1 unspecified atom stereocenters. The molecule has 0 saturated carbocycles. The second-order valence-corrected chi connectivity index (χ2v) is 8.55. The summed E-state index contributed by atoms with van der Waals surface area (Å²) in [7, 11) is -2.15. The van der Waals surface area contributed by atoms with Crippen LogP contribution >= 0.6 is 0 Å². The lowest BCUT2D eigenvalue weighted by Gasteiger charge is -2.17. The molecule has 3 rings (SSSR count). The smallest absolute Gasteiger partial charge is 0.261 e. The molecule has 3 aromatic carbocycles. The monoisotopic (exact) mass is 424 g/mol. The number of hydrogen-bond donors (Lipinski definition) is 2. The standard InChI is InChI=1S/C23H24N2O4S/c1-16-21(23(26)24-17(2)18-12-14-19(29-3)15-13-18)10-7-11-22(16)25-30(27,28)20-8-5-4-6-9-20/h4-15,17,25H,1-3H3,(H,24,26). The van der Waals surface area contributed by atoms with Crippen LogP contribution < -0.4 is 14.8 Å². The molecule has 1 amide bonds. The van der Waals surface area contributed by atoms with Gasteiger partial charge in [0.2, 0.25) is 0 Å². The van der Waals surface area contributed by atoms with Crippen molar-refractivity contribution in [1.82, 2.24) is 5.32 Å². The van der Waals surface area contributed by atoms with E-state index in [9.17, 15) is 13.2 Å². The van der Waals surface area contributed by atoms with Crippen molar-refractivity contribution in [2.45, 2.75) is 24.8 Å². The third kappa shape index (κ3) is 4.80. The molecule has 30 heavy (non-hydrogen) atoms. The first kappa shape index (κ1) is 21.4. The Kier molecular flexibility index (Phi) is 6.42. The molecule has 0 aliphatic rings. The lowest BCUT2D eigenvalue weighted by atomic mass is 10.0. The number of carbonyl (C=O) groups excluding carboxylic acids is 1. The molecule has 0 bridgehead atoms. The molecular weight excluding hydrogens is 400 g/mol. The molecule has 6 nitrogen and oxygen atoms in total. The van der Waals surface area contributed by atoms with E-state index in [2.05, 4.69) is 10.0 Å². The van der Waals surface area contributed by atoms with Gasteiger partial charge < -0.3 is 10.1 Å². The lowest BCUT2D eigenvalue weighted by Crippen LogP contribution is -2.27. The molecule has 156 valence electrons. The summed E-state index contributed by atoms with van der Waals surface area (Å²) in [4.78, 5) is 13.0. The Bertz CT molecular complexity index is 1130. The summed E-state index contributed by atoms with van der Waals surface area (Å²) in [5, 5.41) is 2.96. The van der Waals surface area contributed by atoms with Crippen molar-refractivity contribution >= 4 is 21.6 Å². The van der Waals surface area contributed by atoms with Gasteiger partial charge in [-0.15, -0.1) is 0 Å². The Hall–Kier alpha value is -3.32. The fraction of sp³-hybridized carbons (Fsp3) is 0.174. The maximum absolute atomic E-state index is 12.8. The first-order valence-corrected chi connectivity index (χ1v) is 10.9. The van der Waals surface area contributed by atoms with E-state index in [1.807, 2.05) is 31.2 Å². The highest BCUT2D eigenvalue weighted by molar-refractivity contribution is 7.92. The predicted molar refractivity (Wildman–Crippen MR) is 117 cm³/mol. The van der Waals surface area contributed by atoms with Crippen molar-refractivity contribution in [1.29, 1.82) is 0 Å². The number of ether oxygens (including phenoxy) is 1. The van der Waals surface area contributed by atoms with Crippen molar-refractivity contribution in [3.05, 3.63) is 89.5 Å². The van der Waals surface area contributed by atoms with Crippen LogP contribution in [0.2, 0.25) is 0 Å². The SMILES string of the molecule is COc1ccc(C(C)NC(=O)c2cccc(NS(=O)(=O)c3ccccc3)c2C)cc1. The summed E-state index contributed by atoms with van der Waals surface area (Å²) < 4.78 is 33.0. The summed E-state index contributed by atoms with van der Waals surface area (Å²) in [6.07, 6.45) is 0. The fourth-order valence-electron chi connectivity index (χ4n) is 3.05. The number of benzene rings is 3. The van der Waals surface area contributed by atoms with Gasteiger partial charge in [-0.25, -0.2) is 8.42 Å². The minimum absolute atomic E-state index is 0.160. The third-order valence-electron chi connectivity index (χ3n) is 4.84. The Morgan fingerprint density at radius 1 is 0.933 bits per heavy atom. The van der Waals surface area contributed by atoms with Gasteiger partial charge in [0, 0.05) is 5.56 Å². The maximum atomic E-state index is 12.8. The van der Waals surface area contributed by atoms with Gasteiger partial charge in [-0.1, -0.05) is 36.4 Å². The highest BCUT2D eigenvalue weighted by atomic mass is 32.2. The van der Waals surface area contributed by atoms with Crippen LogP contribution in [-0.4, -0.2) is 21.4 Å². The Morgan fingerprint density at radius 3 is 2.23 bits per heavy atom. The lowest BCUT2D eigenvalue weighted by molar-refractivity contribution is 0.0939. The number of anilines is 1. The first-order valence-electron chi connectivity index (χ1n) is 9.44. The maximum Gasteiger partial charge on any atom is 0.261 e.